The molecule has 7 heteroatoms. The lowest BCUT2D eigenvalue weighted by molar-refractivity contribution is -0.139. The smallest absolute Gasteiger partial charge is 0.321 e. The summed E-state index contributed by atoms with van der Waals surface area (Å²) in [5, 5.41) is 9.05. The first-order valence-electron chi connectivity index (χ1n) is 7.14. The maximum Gasteiger partial charge on any atom is 0.321 e. The highest BCUT2D eigenvalue weighted by Gasteiger charge is 2.24. The molecule has 0 spiro atoms. The molecule has 0 saturated carbocycles. The summed E-state index contributed by atoms with van der Waals surface area (Å²) in [7, 11) is -3.68. The second kappa shape index (κ2) is 8.87. The maximum atomic E-state index is 11.9. The van der Waals surface area contributed by atoms with Crippen molar-refractivity contribution in [3.8, 4) is 0 Å². The average molecular weight is 329 g/mol. The van der Waals surface area contributed by atoms with Crippen LogP contribution in [0.1, 0.15) is 25.8 Å². The Hall–Kier alpha value is -1.44. The van der Waals surface area contributed by atoms with E-state index in [9.17, 15) is 13.2 Å². The number of carbonyl (C=O) groups is 1. The molecule has 0 bridgehead atoms. The topological polar surface area (TPSA) is 92.7 Å². The third kappa shape index (κ3) is 7.53. The lowest BCUT2D eigenvalue weighted by Crippen LogP contribution is -2.43. The van der Waals surface area contributed by atoms with Crippen molar-refractivity contribution in [2.24, 2.45) is 5.92 Å². The van der Waals surface area contributed by atoms with Gasteiger partial charge in [-0.05, 0) is 17.9 Å². The highest BCUT2D eigenvalue weighted by Crippen LogP contribution is 2.07. The first-order chi connectivity index (χ1) is 10.3. The van der Waals surface area contributed by atoms with Gasteiger partial charge in [0.2, 0.25) is 10.0 Å². The molecule has 0 radical (unpaired) electrons. The van der Waals surface area contributed by atoms with Crippen molar-refractivity contribution in [3.05, 3.63) is 35.9 Å². The molecule has 0 aliphatic rings. The fourth-order valence-corrected chi connectivity index (χ4v) is 2.96. The minimum atomic E-state index is -3.68. The van der Waals surface area contributed by atoms with Crippen molar-refractivity contribution in [1.29, 1.82) is 0 Å². The van der Waals surface area contributed by atoms with Crippen LogP contribution >= 0.6 is 0 Å². The largest absolute Gasteiger partial charge is 0.480 e. The van der Waals surface area contributed by atoms with Crippen LogP contribution in [0.15, 0.2) is 30.3 Å². The van der Waals surface area contributed by atoms with Crippen molar-refractivity contribution < 1.29 is 23.1 Å². The molecule has 1 rings (SSSR count). The molecule has 0 heterocycles. The van der Waals surface area contributed by atoms with Crippen LogP contribution < -0.4 is 4.72 Å². The van der Waals surface area contributed by atoms with Crippen molar-refractivity contribution in [1.82, 2.24) is 4.72 Å². The zero-order valence-electron chi connectivity index (χ0n) is 12.9. The highest BCUT2D eigenvalue weighted by atomic mass is 32.2. The van der Waals surface area contributed by atoms with Crippen LogP contribution in [0, 0.1) is 5.92 Å². The van der Waals surface area contributed by atoms with E-state index in [2.05, 4.69) is 4.72 Å². The molecule has 0 unspecified atom stereocenters. The molecule has 1 aromatic rings. The van der Waals surface area contributed by atoms with E-state index in [1.54, 1.807) is 0 Å². The summed E-state index contributed by atoms with van der Waals surface area (Å²) in [5.74, 6) is -1.34. The number of nitrogens with one attached hydrogen (secondary N) is 1. The Morgan fingerprint density at radius 2 is 1.91 bits per heavy atom. The van der Waals surface area contributed by atoms with Crippen LogP contribution in [0.4, 0.5) is 0 Å². The van der Waals surface area contributed by atoms with Crippen LogP contribution in [0.5, 0.6) is 0 Å². The van der Waals surface area contributed by atoms with Gasteiger partial charge in [-0.2, -0.15) is 0 Å². The van der Waals surface area contributed by atoms with E-state index in [-0.39, 0.29) is 24.7 Å². The normalized spacial score (nSPS) is 13.2. The van der Waals surface area contributed by atoms with Crippen LogP contribution in [0.25, 0.3) is 0 Å². The molecule has 2 N–H and O–H groups in total. The number of aliphatic carboxylic acids is 1. The van der Waals surface area contributed by atoms with Gasteiger partial charge in [0.15, 0.2) is 0 Å². The number of benzene rings is 1. The number of ether oxygens (including phenoxy) is 1. The van der Waals surface area contributed by atoms with E-state index in [1.807, 2.05) is 44.2 Å². The van der Waals surface area contributed by atoms with Gasteiger partial charge in [0.1, 0.15) is 6.04 Å². The van der Waals surface area contributed by atoms with Crippen molar-refractivity contribution in [2.75, 3.05) is 12.4 Å². The molecule has 6 nitrogen and oxygen atoms in total. The van der Waals surface area contributed by atoms with E-state index in [4.69, 9.17) is 9.84 Å². The van der Waals surface area contributed by atoms with Crippen LogP contribution in [-0.4, -0.2) is 37.9 Å². The minimum Gasteiger partial charge on any atom is -0.480 e. The van der Waals surface area contributed by atoms with Crippen molar-refractivity contribution in [2.45, 2.75) is 32.9 Å². The van der Waals surface area contributed by atoms with Gasteiger partial charge in [0.25, 0.3) is 0 Å². The molecule has 124 valence electrons. The minimum absolute atomic E-state index is 0.0121. The Morgan fingerprint density at radius 1 is 1.27 bits per heavy atom. The van der Waals surface area contributed by atoms with E-state index < -0.39 is 22.0 Å². The number of hydrogen-bond acceptors (Lipinski definition) is 4. The second-order valence-electron chi connectivity index (χ2n) is 5.50. The highest BCUT2D eigenvalue weighted by molar-refractivity contribution is 7.89. The Labute approximate surface area is 131 Å². The monoisotopic (exact) mass is 329 g/mol. The second-order valence-corrected chi connectivity index (χ2v) is 7.37. The van der Waals surface area contributed by atoms with Gasteiger partial charge in [-0.1, -0.05) is 44.2 Å². The third-order valence-electron chi connectivity index (χ3n) is 2.93. The standard InChI is InChI=1S/C15H23NO5S/c1-12(2)10-14(15(17)18)16-22(19,20)9-8-21-11-13-6-4-3-5-7-13/h3-7,12,14,16H,8-11H2,1-2H3,(H,17,18)/t14-/m0/s1. The maximum absolute atomic E-state index is 11.9. The summed E-state index contributed by atoms with van der Waals surface area (Å²) >= 11 is 0. The Morgan fingerprint density at radius 3 is 2.45 bits per heavy atom. The average Bonchev–Trinajstić information content (AvgIpc) is 2.43. The van der Waals surface area contributed by atoms with Crippen molar-refractivity contribution >= 4 is 16.0 Å². The number of sulfonamides is 1. The molecule has 0 aliphatic heterocycles. The van der Waals surface area contributed by atoms with Gasteiger partial charge in [0, 0.05) is 0 Å². The van der Waals surface area contributed by atoms with Crippen LogP contribution in [0.3, 0.4) is 0 Å². The molecule has 0 fully saturated rings. The summed E-state index contributed by atoms with van der Waals surface area (Å²) < 4.78 is 31.3. The van der Waals surface area contributed by atoms with Gasteiger partial charge in [-0.15, -0.1) is 0 Å². The Bertz CT molecular complexity index is 557. The zero-order valence-corrected chi connectivity index (χ0v) is 13.7. The molecular weight excluding hydrogens is 306 g/mol. The molecule has 0 aliphatic carbocycles. The number of rotatable bonds is 10. The lowest BCUT2D eigenvalue weighted by atomic mass is 10.1. The SMILES string of the molecule is CC(C)C[C@H](NS(=O)(=O)CCOCc1ccccc1)C(=O)O. The number of hydrogen-bond donors (Lipinski definition) is 2. The molecule has 1 atom stereocenters. The fourth-order valence-electron chi connectivity index (χ4n) is 1.88. The van der Waals surface area contributed by atoms with E-state index >= 15 is 0 Å². The summed E-state index contributed by atoms with van der Waals surface area (Å²) in [6, 6.07) is 8.31. The van der Waals surface area contributed by atoms with E-state index in [0.717, 1.165) is 5.56 Å². The first kappa shape index (κ1) is 18.6. The lowest BCUT2D eigenvalue weighted by Gasteiger charge is -2.16. The van der Waals surface area contributed by atoms with Gasteiger partial charge < -0.3 is 9.84 Å². The summed E-state index contributed by atoms with van der Waals surface area (Å²) in [4.78, 5) is 11.1. The summed E-state index contributed by atoms with van der Waals surface area (Å²) in [5.41, 5.74) is 0.955. The van der Waals surface area contributed by atoms with Crippen LogP contribution in [-0.2, 0) is 26.2 Å². The number of carboxylic acids is 1. The van der Waals surface area contributed by atoms with Gasteiger partial charge in [-0.25, -0.2) is 13.1 Å². The molecule has 22 heavy (non-hydrogen) atoms. The predicted molar refractivity (Wildman–Crippen MR) is 83.9 cm³/mol. The van der Waals surface area contributed by atoms with Crippen molar-refractivity contribution in [3.63, 3.8) is 0 Å². The van der Waals surface area contributed by atoms with E-state index in [0.29, 0.717) is 6.61 Å². The Kier molecular flexibility index (Phi) is 7.50. The van der Waals surface area contributed by atoms with E-state index in [1.165, 1.54) is 0 Å². The summed E-state index contributed by atoms with van der Waals surface area (Å²) in [6.45, 7) is 4.02. The van der Waals surface area contributed by atoms with Gasteiger partial charge >= 0.3 is 5.97 Å². The fraction of sp³-hybridized carbons (Fsp3) is 0.533. The first-order valence-corrected chi connectivity index (χ1v) is 8.80. The predicted octanol–water partition coefficient (Wildman–Crippen LogP) is 1.62. The van der Waals surface area contributed by atoms with Gasteiger partial charge in [0.05, 0.1) is 19.0 Å². The summed E-state index contributed by atoms with van der Waals surface area (Å²) in [6.07, 6.45) is 0.249. The molecular formula is C15H23NO5S. The Balaban J connectivity index is 2.41. The molecule has 0 saturated heterocycles. The molecule has 0 aromatic heterocycles. The number of carboxylic acid groups (broad SMARTS) is 1. The third-order valence-corrected chi connectivity index (χ3v) is 4.28. The van der Waals surface area contributed by atoms with Gasteiger partial charge in [-0.3, -0.25) is 4.79 Å². The zero-order chi connectivity index (χ0) is 16.6. The van der Waals surface area contributed by atoms with Crippen LogP contribution in [0.2, 0.25) is 0 Å². The quantitative estimate of drug-likeness (QED) is 0.636. The molecule has 0 amide bonds. The molecule has 1 aromatic carbocycles.